The average Bonchev–Trinajstić information content (AvgIpc) is 3.27. The van der Waals surface area contributed by atoms with Gasteiger partial charge in [0.2, 0.25) is 10.0 Å². The van der Waals surface area contributed by atoms with E-state index in [4.69, 9.17) is 10.7 Å². The van der Waals surface area contributed by atoms with E-state index >= 15 is 0 Å². The first-order chi connectivity index (χ1) is 14.4. The largest absolute Gasteiger partial charge is 0.382 e. The van der Waals surface area contributed by atoms with E-state index in [1.807, 2.05) is 4.57 Å². The number of benzene rings is 1. The Morgan fingerprint density at radius 1 is 1.27 bits per heavy atom. The highest BCUT2D eigenvalue weighted by Crippen LogP contribution is 2.37. The minimum atomic E-state index is -3.28. The predicted molar refractivity (Wildman–Crippen MR) is 127 cm³/mol. The fourth-order valence-electron chi connectivity index (χ4n) is 3.67. The van der Waals surface area contributed by atoms with Crippen molar-refractivity contribution in [3.8, 4) is 0 Å². The number of aromatic nitrogens is 4. The van der Waals surface area contributed by atoms with Gasteiger partial charge >= 0.3 is 0 Å². The van der Waals surface area contributed by atoms with Crippen LogP contribution in [0.5, 0.6) is 0 Å². The Morgan fingerprint density at radius 3 is 2.80 bits per heavy atom. The first kappa shape index (κ1) is 21.8. The molecular formula is C19H23IN6O2S2. The van der Waals surface area contributed by atoms with Crippen molar-refractivity contribution in [2.24, 2.45) is 0 Å². The predicted octanol–water partition coefficient (Wildman–Crippen LogP) is 2.98. The van der Waals surface area contributed by atoms with Crippen molar-refractivity contribution in [1.29, 1.82) is 0 Å². The number of nitrogens with one attached hydrogen (secondary N) is 1. The molecule has 0 bridgehead atoms. The van der Waals surface area contributed by atoms with Gasteiger partial charge in [-0.3, -0.25) is 0 Å². The van der Waals surface area contributed by atoms with Crippen molar-refractivity contribution in [1.82, 2.24) is 24.2 Å². The molecule has 11 heteroatoms. The van der Waals surface area contributed by atoms with Crippen LogP contribution in [0.15, 0.2) is 28.5 Å². The van der Waals surface area contributed by atoms with Gasteiger partial charge in [0.25, 0.3) is 0 Å². The van der Waals surface area contributed by atoms with Gasteiger partial charge in [-0.15, -0.1) is 0 Å². The lowest BCUT2D eigenvalue weighted by Crippen LogP contribution is -2.26. The SMILES string of the molecule is CCNS(=O)(=O)CCCn1c(Sc2cc3c(cc2I)CCC3)nc2c(N)ncnc21. The van der Waals surface area contributed by atoms with Crippen LogP contribution in [0.25, 0.3) is 11.2 Å². The Bertz CT molecular complexity index is 1200. The number of fused-ring (bicyclic) bond motifs is 2. The molecule has 3 aromatic rings. The first-order valence-electron chi connectivity index (χ1n) is 9.81. The van der Waals surface area contributed by atoms with E-state index in [1.54, 1.807) is 18.7 Å². The summed E-state index contributed by atoms with van der Waals surface area (Å²) in [6.45, 7) is 2.63. The molecule has 0 saturated carbocycles. The van der Waals surface area contributed by atoms with E-state index in [0.717, 1.165) is 22.9 Å². The fourth-order valence-corrected chi connectivity index (χ4v) is 6.60. The maximum absolute atomic E-state index is 12.0. The number of halogens is 1. The minimum Gasteiger partial charge on any atom is -0.382 e. The number of aryl methyl sites for hydroxylation is 3. The molecule has 0 aliphatic heterocycles. The zero-order valence-corrected chi connectivity index (χ0v) is 20.3. The number of imidazole rings is 1. The zero-order chi connectivity index (χ0) is 21.3. The summed E-state index contributed by atoms with van der Waals surface area (Å²) in [7, 11) is -3.28. The van der Waals surface area contributed by atoms with Gasteiger partial charge in [0.1, 0.15) is 6.33 Å². The Kier molecular flexibility index (Phi) is 6.51. The van der Waals surface area contributed by atoms with Crippen LogP contribution >= 0.6 is 34.4 Å². The normalized spacial score (nSPS) is 13.8. The molecule has 3 N–H and O–H groups in total. The third-order valence-electron chi connectivity index (χ3n) is 5.03. The van der Waals surface area contributed by atoms with Gasteiger partial charge in [0.05, 0.1) is 5.75 Å². The average molecular weight is 558 g/mol. The van der Waals surface area contributed by atoms with Gasteiger partial charge in [-0.05, 0) is 71.5 Å². The maximum Gasteiger partial charge on any atom is 0.211 e. The van der Waals surface area contributed by atoms with Crippen molar-refractivity contribution >= 4 is 61.4 Å². The molecule has 0 atom stereocenters. The van der Waals surface area contributed by atoms with Crippen LogP contribution in [-0.2, 0) is 29.4 Å². The summed E-state index contributed by atoms with van der Waals surface area (Å²) in [5, 5.41) is 0.744. The summed E-state index contributed by atoms with van der Waals surface area (Å²) >= 11 is 3.93. The number of nitrogens with two attached hydrogens (primary N) is 1. The molecule has 30 heavy (non-hydrogen) atoms. The van der Waals surface area contributed by atoms with Crippen LogP contribution in [0.2, 0.25) is 0 Å². The van der Waals surface area contributed by atoms with Crippen LogP contribution in [0, 0.1) is 3.57 Å². The molecule has 0 saturated heterocycles. The third kappa shape index (κ3) is 4.58. The second-order valence-corrected chi connectivity index (χ2v) is 11.3. The van der Waals surface area contributed by atoms with Gasteiger partial charge in [0.15, 0.2) is 22.1 Å². The minimum absolute atomic E-state index is 0.0432. The summed E-state index contributed by atoms with van der Waals surface area (Å²) in [5.74, 6) is 0.367. The molecule has 160 valence electrons. The summed E-state index contributed by atoms with van der Waals surface area (Å²) in [5.41, 5.74) is 10.0. The van der Waals surface area contributed by atoms with Crippen molar-refractivity contribution in [2.75, 3.05) is 18.0 Å². The van der Waals surface area contributed by atoms with Gasteiger partial charge < -0.3 is 10.3 Å². The Labute approximate surface area is 193 Å². The number of sulfonamides is 1. The highest BCUT2D eigenvalue weighted by Gasteiger charge is 2.20. The number of rotatable bonds is 8. The lowest BCUT2D eigenvalue weighted by atomic mass is 10.1. The second-order valence-electron chi connectivity index (χ2n) is 7.15. The lowest BCUT2D eigenvalue weighted by molar-refractivity contribution is 0.570. The molecule has 0 spiro atoms. The van der Waals surface area contributed by atoms with Gasteiger partial charge in [-0.2, -0.15) is 0 Å². The van der Waals surface area contributed by atoms with Crippen LogP contribution in [0.4, 0.5) is 5.82 Å². The molecule has 1 aliphatic carbocycles. The van der Waals surface area contributed by atoms with Crippen LogP contribution in [-0.4, -0.2) is 40.2 Å². The van der Waals surface area contributed by atoms with E-state index in [2.05, 4.69) is 49.4 Å². The zero-order valence-electron chi connectivity index (χ0n) is 16.6. The molecule has 0 amide bonds. The number of hydrogen-bond acceptors (Lipinski definition) is 7. The highest BCUT2D eigenvalue weighted by molar-refractivity contribution is 14.1. The molecule has 1 aliphatic rings. The van der Waals surface area contributed by atoms with Crippen LogP contribution < -0.4 is 10.5 Å². The Hall–Kier alpha value is -1.44. The molecule has 8 nitrogen and oxygen atoms in total. The van der Waals surface area contributed by atoms with E-state index in [0.29, 0.717) is 36.5 Å². The van der Waals surface area contributed by atoms with Gasteiger partial charge in [-0.25, -0.2) is 28.1 Å². The monoisotopic (exact) mass is 558 g/mol. The van der Waals surface area contributed by atoms with E-state index in [1.165, 1.54) is 27.4 Å². The van der Waals surface area contributed by atoms with E-state index in [9.17, 15) is 8.42 Å². The van der Waals surface area contributed by atoms with Crippen molar-refractivity contribution < 1.29 is 8.42 Å². The van der Waals surface area contributed by atoms with E-state index < -0.39 is 10.0 Å². The van der Waals surface area contributed by atoms with Gasteiger partial charge in [-0.1, -0.05) is 18.7 Å². The smallest absolute Gasteiger partial charge is 0.211 e. The first-order valence-corrected chi connectivity index (χ1v) is 13.4. The van der Waals surface area contributed by atoms with E-state index in [-0.39, 0.29) is 5.75 Å². The van der Waals surface area contributed by atoms with Crippen LogP contribution in [0.1, 0.15) is 30.9 Å². The van der Waals surface area contributed by atoms with Crippen molar-refractivity contribution in [3.63, 3.8) is 0 Å². The number of nitrogens with zero attached hydrogens (tertiary/aromatic N) is 4. The molecule has 4 rings (SSSR count). The standard InChI is InChI=1S/C19H23IN6O2S2/c1-2-24-30(27,28)8-4-7-26-18-16(17(21)22-11-23-18)25-19(26)29-15-10-13-6-3-5-12(13)9-14(15)20/h9-11,24H,2-8H2,1H3,(H2,21,22,23). The topological polar surface area (TPSA) is 116 Å². The summed E-state index contributed by atoms with van der Waals surface area (Å²) in [4.78, 5) is 14.3. The molecular weight excluding hydrogens is 535 g/mol. The van der Waals surface area contributed by atoms with Gasteiger partial charge in [0, 0.05) is 21.6 Å². The van der Waals surface area contributed by atoms with Crippen LogP contribution in [0.3, 0.4) is 0 Å². The molecule has 1 aromatic carbocycles. The number of nitrogen functional groups attached to an aromatic ring is 1. The Balaban J connectivity index is 1.66. The molecule has 0 unspecified atom stereocenters. The fraction of sp³-hybridized carbons (Fsp3) is 0.421. The lowest BCUT2D eigenvalue weighted by Gasteiger charge is -2.11. The quantitative estimate of drug-likeness (QED) is 0.409. The van der Waals surface area contributed by atoms with Crippen molar-refractivity contribution in [2.45, 2.75) is 49.2 Å². The second kappa shape index (κ2) is 8.97. The number of anilines is 1. The Morgan fingerprint density at radius 2 is 2.03 bits per heavy atom. The maximum atomic E-state index is 12.0. The summed E-state index contributed by atoms with van der Waals surface area (Å²) < 4.78 is 29.7. The van der Waals surface area contributed by atoms with Crippen molar-refractivity contribution in [3.05, 3.63) is 33.2 Å². The summed E-state index contributed by atoms with van der Waals surface area (Å²) in [6, 6.07) is 4.51. The molecule has 2 aromatic heterocycles. The number of hydrogen-bond donors (Lipinski definition) is 2. The highest BCUT2D eigenvalue weighted by atomic mass is 127. The third-order valence-corrected chi connectivity index (χ3v) is 8.90. The molecule has 2 heterocycles. The molecule has 0 radical (unpaired) electrons. The summed E-state index contributed by atoms with van der Waals surface area (Å²) in [6.07, 6.45) is 5.31. The molecule has 0 fully saturated rings.